The average Bonchev–Trinajstić information content (AvgIpc) is 2.67. The second kappa shape index (κ2) is 9.47. The predicted octanol–water partition coefficient (Wildman–Crippen LogP) is 2.14. The van der Waals surface area contributed by atoms with Crippen LogP contribution in [-0.4, -0.2) is 50.8 Å². The van der Waals surface area contributed by atoms with Gasteiger partial charge in [0.1, 0.15) is 18.2 Å². The molecule has 0 bridgehead atoms. The van der Waals surface area contributed by atoms with Gasteiger partial charge in [-0.1, -0.05) is 18.2 Å². The van der Waals surface area contributed by atoms with Gasteiger partial charge in [-0.15, -0.1) is 0 Å². The zero-order valence-corrected chi connectivity index (χ0v) is 16.4. The molecule has 152 valence electrons. The molecule has 0 saturated carbocycles. The zero-order valence-electron chi connectivity index (χ0n) is 15.6. The van der Waals surface area contributed by atoms with Crippen molar-refractivity contribution in [1.29, 1.82) is 0 Å². The minimum Gasteiger partial charge on any atom is -0.491 e. The molecule has 2 N–H and O–H groups in total. The van der Waals surface area contributed by atoms with Crippen molar-refractivity contribution in [1.82, 2.24) is 9.62 Å². The van der Waals surface area contributed by atoms with Gasteiger partial charge < -0.3 is 9.84 Å². The molecular weight excluding hydrogens is 383 g/mol. The molecule has 3 rings (SSSR count). The van der Waals surface area contributed by atoms with Crippen molar-refractivity contribution in [3.63, 3.8) is 0 Å². The molecule has 1 fully saturated rings. The number of hydrogen-bond acceptors (Lipinski definition) is 5. The Bertz CT molecular complexity index is 891. The molecule has 0 unspecified atom stereocenters. The fourth-order valence-corrected chi connectivity index (χ4v) is 4.67. The number of aliphatic hydroxyl groups is 1. The third-order valence-corrected chi connectivity index (χ3v) is 6.12. The van der Waals surface area contributed by atoms with Crippen LogP contribution in [0, 0.1) is 5.82 Å². The van der Waals surface area contributed by atoms with Crippen molar-refractivity contribution < 1.29 is 22.7 Å². The van der Waals surface area contributed by atoms with Crippen LogP contribution in [0.25, 0.3) is 0 Å². The van der Waals surface area contributed by atoms with Gasteiger partial charge in [0.25, 0.3) is 0 Å². The molecule has 1 aliphatic heterocycles. The molecule has 0 amide bonds. The highest BCUT2D eigenvalue weighted by Gasteiger charge is 2.25. The molecule has 1 saturated heterocycles. The normalized spacial score (nSPS) is 18.1. The Morgan fingerprint density at radius 1 is 1.21 bits per heavy atom. The molecule has 2 aromatic carbocycles. The molecule has 28 heavy (non-hydrogen) atoms. The van der Waals surface area contributed by atoms with Crippen molar-refractivity contribution in [2.45, 2.75) is 30.3 Å². The zero-order chi connectivity index (χ0) is 20.0. The number of hydrogen-bond donors (Lipinski definition) is 2. The largest absolute Gasteiger partial charge is 0.491 e. The summed E-state index contributed by atoms with van der Waals surface area (Å²) >= 11 is 0. The van der Waals surface area contributed by atoms with E-state index in [9.17, 15) is 12.8 Å². The van der Waals surface area contributed by atoms with Crippen LogP contribution in [-0.2, 0) is 16.6 Å². The lowest BCUT2D eigenvalue weighted by Crippen LogP contribution is -2.47. The molecule has 2 aromatic rings. The van der Waals surface area contributed by atoms with E-state index in [1.165, 1.54) is 18.2 Å². The number of nitrogens with one attached hydrogen (secondary N) is 1. The van der Waals surface area contributed by atoms with Gasteiger partial charge in [-0.25, -0.2) is 17.5 Å². The van der Waals surface area contributed by atoms with E-state index in [2.05, 4.69) is 9.62 Å². The van der Waals surface area contributed by atoms with E-state index in [4.69, 9.17) is 9.84 Å². The Morgan fingerprint density at radius 2 is 2.04 bits per heavy atom. The summed E-state index contributed by atoms with van der Waals surface area (Å²) in [4.78, 5) is 2.13. The topological polar surface area (TPSA) is 78.9 Å². The van der Waals surface area contributed by atoms with Crippen molar-refractivity contribution in [2.75, 3.05) is 26.3 Å². The lowest BCUT2D eigenvalue weighted by Gasteiger charge is -2.33. The molecule has 6 nitrogen and oxygen atoms in total. The Balaban J connectivity index is 1.61. The second-order valence-electron chi connectivity index (χ2n) is 6.87. The summed E-state index contributed by atoms with van der Waals surface area (Å²) in [7, 11) is -3.76. The van der Waals surface area contributed by atoms with E-state index in [0.717, 1.165) is 31.0 Å². The first-order valence-corrected chi connectivity index (χ1v) is 10.8. The molecule has 1 atom stereocenters. The predicted molar refractivity (Wildman–Crippen MR) is 104 cm³/mol. The highest BCUT2D eigenvalue weighted by atomic mass is 32.2. The third kappa shape index (κ3) is 5.75. The summed E-state index contributed by atoms with van der Waals surface area (Å²) in [6.07, 6.45) is 1.61. The van der Waals surface area contributed by atoms with Crippen molar-refractivity contribution in [2.24, 2.45) is 0 Å². The molecule has 0 aromatic heterocycles. The van der Waals surface area contributed by atoms with Crippen LogP contribution < -0.4 is 9.46 Å². The van der Waals surface area contributed by atoms with E-state index < -0.39 is 15.8 Å². The monoisotopic (exact) mass is 408 g/mol. The Hall–Kier alpha value is -2.00. The summed E-state index contributed by atoms with van der Waals surface area (Å²) in [6, 6.07) is 12.5. The Kier molecular flexibility index (Phi) is 7.01. The number of sulfonamides is 1. The Morgan fingerprint density at radius 3 is 2.82 bits per heavy atom. The highest BCUT2D eigenvalue weighted by Crippen LogP contribution is 2.19. The molecular formula is C20H25FN2O4S. The van der Waals surface area contributed by atoms with Crippen LogP contribution in [0.5, 0.6) is 5.75 Å². The average molecular weight is 408 g/mol. The standard InChI is InChI=1S/C20H25FN2O4S/c21-17-5-2-8-20(13-17)28(25,26)22-18-6-3-9-23(15-18)14-16-4-1-7-19(12-16)27-11-10-24/h1-2,4-5,7-8,12-13,18,22,24H,3,6,9-11,14-15H2/t18-/m1/s1. The van der Waals surface area contributed by atoms with Crippen LogP contribution in [0.1, 0.15) is 18.4 Å². The van der Waals surface area contributed by atoms with Gasteiger partial charge in [-0.05, 0) is 55.3 Å². The molecule has 0 aliphatic carbocycles. The minimum absolute atomic E-state index is 0.0382. The van der Waals surface area contributed by atoms with Gasteiger partial charge in [0, 0.05) is 19.1 Å². The van der Waals surface area contributed by atoms with Crippen molar-refractivity contribution in [3.8, 4) is 5.75 Å². The van der Waals surface area contributed by atoms with E-state index >= 15 is 0 Å². The summed E-state index contributed by atoms with van der Waals surface area (Å²) in [5, 5.41) is 8.87. The number of aliphatic hydroxyl groups excluding tert-OH is 1. The van der Waals surface area contributed by atoms with Gasteiger partial charge in [-0.2, -0.15) is 0 Å². The van der Waals surface area contributed by atoms with Crippen LogP contribution in [0.3, 0.4) is 0 Å². The van der Waals surface area contributed by atoms with Crippen LogP contribution in [0.15, 0.2) is 53.4 Å². The maximum atomic E-state index is 13.4. The van der Waals surface area contributed by atoms with E-state index in [0.29, 0.717) is 18.8 Å². The van der Waals surface area contributed by atoms with Gasteiger partial charge >= 0.3 is 0 Å². The number of halogens is 1. The molecule has 0 radical (unpaired) electrons. The van der Waals surface area contributed by atoms with Gasteiger partial charge in [0.2, 0.25) is 10.0 Å². The summed E-state index contributed by atoms with van der Waals surface area (Å²) in [6.45, 7) is 2.34. The number of rotatable bonds is 8. The highest BCUT2D eigenvalue weighted by molar-refractivity contribution is 7.89. The van der Waals surface area contributed by atoms with E-state index in [1.54, 1.807) is 0 Å². The molecule has 8 heteroatoms. The van der Waals surface area contributed by atoms with Gasteiger partial charge in [-0.3, -0.25) is 4.90 Å². The molecule has 0 spiro atoms. The third-order valence-electron chi connectivity index (χ3n) is 4.60. The first-order valence-electron chi connectivity index (χ1n) is 9.29. The van der Waals surface area contributed by atoms with Crippen molar-refractivity contribution >= 4 is 10.0 Å². The lowest BCUT2D eigenvalue weighted by atomic mass is 10.1. The number of nitrogens with zero attached hydrogens (tertiary/aromatic N) is 1. The summed E-state index contributed by atoms with van der Waals surface area (Å²) in [5.74, 6) is 0.128. The minimum atomic E-state index is -3.76. The van der Waals surface area contributed by atoms with E-state index in [-0.39, 0.29) is 24.2 Å². The molecule has 1 heterocycles. The van der Waals surface area contributed by atoms with Crippen molar-refractivity contribution in [3.05, 3.63) is 59.9 Å². The fourth-order valence-electron chi connectivity index (χ4n) is 3.37. The van der Waals surface area contributed by atoms with Crippen LogP contribution in [0.2, 0.25) is 0 Å². The first kappa shape index (κ1) is 20.7. The van der Waals surface area contributed by atoms with Crippen LogP contribution in [0.4, 0.5) is 4.39 Å². The fraction of sp³-hybridized carbons (Fsp3) is 0.400. The SMILES string of the molecule is O=S(=O)(N[C@@H]1CCCN(Cc2cccc(OCCO)c2)C1)c1cccc(F)c1. The maximum absolute atomic E-state index is 13.4. The number of likely N-dealkylation sites (tertiary alicyclic amines) is 1. The summed E-state index contributed by atoms with van der Waals surface area (Å²) in [5.41, 5.74) is 1.06. The maximum Gasteiger partial charge on any atom is 0.240 e. The smallest absolute Gasteiger partial charge is 0.240 e. The van der Waals surface area contributed by atoms with Gasteiger partial charge in [0.15, 0.2) is 0 Å². The van der Waals surface area contributed by atoms with E-state index in [1.807, 2.05) is 24.3 Å². The number of ether oxygens (including phenoxy) is 1. The quantitative estimate of drug-likeness (QED) is 0.700. The van der Waals surface area contributed by atoms with Crippen LogP contribution >= 0.6 is 0 Å². The molecule has 1 aliphatic rings. The first-order chi connectivity index (χ1) is 13.5. The number of benzene rings is 2. The Labute approximate surface area is 165 Å². The number of piperidine rings is 1. The van der Waals surface area contributed by atoms with Gasteiger partial charge in [0.05, 0.1) is 11.5 Å². The second-order valence-corrected chi connectivity index (χ2v) is 8.59. The lowest BCUT2D eigenvalue weighted by molar-refractivity contribution is 0.192. The summed E-state index contributed by atoms with van der Waals surface area (Å²) < 4.78 is 46.6.